The van der Waals surface area contributed by atoms with E-state index in [1.165, 1.54) is 0 Å². The van der Waals surface area contributed by atoms with Crippen molar-refractivity contribution in [2.45, 2.75) is 0 Å². The number of furan rings is 1. The molecule has 0 amide bonds. The van der Waals surface area contributed by atoms with Crippen molar-refractivity contribution in [3.63, 3.8) is 0 Å². The van der Waals surface area contributed by atoms with E-state index in [1.807, 2.05) is 97.1 Å². The SMILES string of the molecule is c1ccc(-c2nc(-c3cccc(-c4ccc5ccc6ccc7nn(-c8ccccc8)nc7c6c5c4)c3)nc(-c3cccc4oc5ccccc5c34)n2)cc1. The van der Waals surface area contributed by atoms with Crippen LogP contribution in [0.5, 0.6) is 0 Å². The Kier molecular flexibility index (Phi) is 6.72. The van der Waals surface area contributed by atoms with E-state index in [4.69, 9.17) is 29.6 Å². The number of rotatable bonds is 5. The first kappa shape index (κ1) is 30.1. The average molecular weight is 693 g/mol. The van der Waals surface area contributed by atoms with Crippen molar-refractivity contribution in [1.29, 1.82) is 0 Å². The minimum Gasteiger partial charge on any atom is -0.456 e. The molecule has 3 aromatic heterocycles. The number of para-hydroxylation sites is 2. The number of benzene rings is 8. The molecule has 54 heavy (non-hydrogen) atoms. The average Bonchev–Trinajstić information content (AvgIpc) is 3.86. The van der Waals surface area contributed by atoms with Crippen molar-refractivity contribution < 1.29 is 4.42 Å². The first-order valence-corrected chi connectivity index (χ1v) is 17.8. The highest BCUT2D eigenvalue weighted by Gasteiger charge is 2.18. The third kappa shape index (κ3) is 4.94. The van der Waals surface area contributed by atoms with Gasteiger partial charge in [0.15, 0.2) is 17.5 Å². The van der Waals surface area contributed by atoms with Gasteiger partial charge in [-0.1, -0.05) is 127 Å². The number of aromatic nitrogens is 6. The van der Waals surface area contributed by atoms with Gasteiger partial charge in [-0.15, -0.1) is 10.2 Å². The fourth-order valence-corrected chi connectivity index (χ4v) is 7.51. The van der Waals surface area contributed by atoms with Crippen LogP contribution in [0.1, 0.15) is 0 Å². The quantitative estimate of drug-likeness (QED) is 0.167. The summed E-state index contributed by atoms with van der Waals surface area (Å²) in [5.74, 6) is 1.79. The van der Waals surface area contributed by atoms with Crippen LogP contribution in [0.3, 0.4) is 0 Å². The van der Waals surface area contributed by atoms with Crippen molar-refractivity contribution in [1.82, 2.24) is 29.9 Å². The monoisotopic (exact) mass is 692 g/mol. The zero-order chi connectivity index (χ0) is 35.6. The minimum absolute atomic E-state index is 0.589. The molecule has 0 aliphatic rings. The largest absolute Gasteiger partial charge is 0.456 e. The van der Waals surface area contributed by atoms with E-state index in [-0.39, 0.29) is 0 Å². The molecule has 11 rings (SSSR count). The van der Waals surface area contributed by atoms with Gasteiger partial charge in [-0.25, -0.2) is 15.0 Å². The van der Waals surface area contributed by atoms with E-state index in [2.05, 4.69) is 72.8 Å². The smallest absolute Gasteiger partial charge is 0.164 e. The summed E-state index contributed by atoms with van der Waals surface area (Å²) in [6.45, 7) is 0. The number of fused-ring (bicyclic) bond motifs is 8. The normalized spacial score (nSPS) is 11.7. The van der Waals surface area contributed by atoms with Gasteiger partial charge < -0.3 is 4.42 Å². The lowest BCUT2D eigenvalue weighted by molar-refractivity contribution is 0.669. The molecule has 252 valence electrons. The van der Waals surface area contributed by atoms with E-state index in [1.54, 1.807) is 4.80 Å². The Hall–Kier alpha value is -7.51. The highest BCUT2D eigenvalue weighted by Crippen LogP contribution is 2.38. The fourth-order valence-electron chi connectivity index (χ4n) is 7.51. The molecule has 0 radical (unpaired) electrons. The molecule has 0 atom stereocenters. The summed E-state index contributed by atoms with van der Waals surface area (Å²) in [7, 11) is 0. The number of hydrogen-bond acceptors (Lipinski definition) is 6. The van der Waals surface area contributed by atoms with Gasteiger partial charge in [-0.3, -0.25) is 0 Å². The Morgan fingerprint density at radius 1 is 0.407 bits per heavy atom. The molecule has 0 fully saturated rings. The Labute approximate surface area is 308 Å². The zero-order valence-corrected chi connectivity index (χ0v) is 28.8. The van der Waals surface area contributed by atoms with Crippen LogP contribution in [-0.4, -0.2) is 29.9 Å². The van der Waals surface area contributed by atoms with Gasteiger partial charge in [0, 0.05) is 32.8 Å². The van der Waals surface area contributed by atoms with Crippen molar-refractivity contribution >= 4 is 54.5 Å². The molecule has 0 bridgehead atoms. The molecule has 7 nitrogen and oxygen atoms in total. The van der Waals surface area contributed by atoms with Gasteiger partial charge in [0.25, 0.3) is 0 Å². The predicted octanol–water partition coefficient (Wildman–Crippen LogP) is 11.5. The maximum absolute atomic E-state index is 6.23. The van der Waals surface area contributed by atoms with Gasteiger partial charge in [-0.05, 0) is 69.8 Å². The molecular weight excluding hydrogens is 665 g/mol. The number of hydrogen-bond donors (Lipinski definition) is 0. The lowest BCUT2D eigenvalue weighted by atomic mass is 9.95. The molecule has 0 aliphatic heterocycles. The number of nitrogens with zero attached hydrogens (tertiary/aromatic N) is 6. The third-order valence-corrected chi connectivity index (χ3v) is 10.1. The minimum atomic E-state index is 0.589. The Bertz CT molecular complexity index is 3220. The van der Waals surface area contributed by atoms with Crippen molar-refractivity contribution in [3.05, 3.63) is 170 Å². The summed E-state index contributed by atoms with van der Waals surface area (Å²) in [6, 6.07) is 57.8. The molecule has 0 unspecified atom stereocenters. The van der Waals surface area contributed by atoms with Crippen LogP contribution >= 0.6 is 0 Å². The molecule has 0 aliphatic carbocycles. The van der Waals surface area contributed by atoms with Crippen molar-refractivity contribution in [3.8, 4) is 51.0 Å². The first-order valence-electron chi connectivity index (χ1n) is 17.8. The second-order valence-corrected chi connectivity index (χ2v) is 13.4. The standard InChI is InChI=1S/C47H28N6O/c1-3-11-31(12-4-1)45-48-46(50-47(49-45)37-18-10-20-41-43(37)36-17-7-8-19-40(36)54-41)34-14-9-13-32(27-34)33-24-22-29-21-23-30-25-26-39-44(42(30)38(29)28-33)52-53(51-39)35-15-5-2-6-16-35/h1-28H. The molecule has 7 heteroatoms. The molecule has 11 aromatic rings. The maximum Gasteiger partial charge on any atom is 0.164 e. The van der Waals surface area contributed by atoms with Gasteiger partial charge in [0.05, 0.1) is 5.69 Å². The van der Waals surface area contributed by atoms with Crippen LogP contribution in [0, 0.1) is 0 Å². The van der Waals surface area contributed by atoms with E-state index in [0.717, 1.165) is 88.0 Å². The predicted molar refractivity (Wildman–Crippen MR) is 216 cm³/mol. The lowest BCUT2D eigenvalue weighted by Crippen LogP contribution is -2.00. The first-order chi connectivity index (χ1) is 26.7. The van der Waals surface area contributed by atoms with Crippen LogP contribution in [-0.2, 0) is 0 Å². The van der Waals surface area contributed by atoms with Gasteiger partial charge in [0.2, 0.25) is 0 Å². The third-order valence-electron chi connectivity index (χ3n) is 10.1. The Balaban J connectivity index is 1.07. The highest BCUT2D eigenvalue weighted by atomic mass is 16.3. The fraction of sp³-hybridized carbons (Fsp3) is 0. The summed E-state index contributed by atoms with van der Waals surface area (Å²) >= 11 is 0. The zero-order valence-electron chi connectivity index (χ0n) is 28.8. The summed E-state index contributed by atoms with van der Waals surface area (Å²) < 4.78 is 6.23. The Morgan fingerprint density at radius 3 is 1.94 bits per heavy atom. The van der Waals surface area contributed by atoms with Crippen LogP contribution in [0.2, 0.25) is 0 Å². The lowest BCUT2D eigenvalue weighted by Gasteiger charge is -2.11. The van der Waals surface area contributed by atoms with Gasteiger partial charge >= 0.3 is 0 Å². The molecule has 0 saturated carbocycles. The highest BCUT2D eigenvalue weighted by molar-refractivity contribution is 6.19. The van der Waals surface area contributed by atoms with Gasteiger partial charge in [0.1, 0.15) is 22.2 Å². The molecule has 0 saturated heterocycles. The second kappa shape index (κ2) is 12.0. The topological polar surface area (TPSA) is 82.5 Å². The molecule has 3 heterocycles. The molecule has 0 N–H and O–H groups in total. The van der Waals surface area contributed by atoms with Crippen LogP contribution in [0.25, 0.3) is 105 Å². The van der Waals surface area contributed by atoms with Crippen LogP contribution in [0.4, 0.5) is 0 Å². The summed E-state index contributed by atoms with van der Waals surface area (Å²) in [5, 5.41) is 16.3. The molecule has 8 aromatic carbocycles. The van der Waals surface area contributed by atoms with Crippen molar-refractivity contribution in [2.24, 2.45) is 0 Å². The van der Waals surface area contributed by atoms with Crippen LogP contribution in [0.15, 0.2) is 174 Å². The molecular formula is C47H28N6O. The van der Waals surface area contributed by atoms with E-state index in [0.29, 0.717) is 17.5 Å². The summed E-state index contributed by atoms with van der Waals surface area (Å²) in [5.41, 5.74) is 9.11. The van der Waals surface area contributed by atoms with E-state index < -0.39 is 0 Å². The summed E-state index contributed by atoms with van der Waals surface area (Å²) in [4.78, 5) is 17.0. The molecule has 0 spiro atoms. The maximum atomic E-state index is 6.23. The van der Waals surface area contributed by atoms with E-state index >= 15 is 0 Å². The van der Waals surface area contributed by atoms with E-state index in [9.17, 15) is 0 Å². The van der Waals surface area contributed by atoms with Gasteiger partial charge in [-0.2, -0.15) is 4.80 Å². The van der Waals surface area contributed by atoms with Crippen LogP contribution < -0.4 is 0 Å². The second-order valence-electron chi connectivity index (χ2n) is 13.4. The van der Waals surface area contributed by atoms with Crippen molar-refractivity contribution in [2.75, 3.05) is 0 Å². The summed E-state index contributed by atoms with van der Waals surface area (Å²) in [6.07, 6.45) is 0. The Morgan fingerprint density at radius 2 is 1.06 bits per heavy atom.